The van der Waals surface area contributed by atoms with E-state index in [0.717, 1.165) is 24.0 Å². The van der Waals surface area contributed by atoms with Crippen LogP contribution in [-0.2, 0) is 16.1 Å². The van der Waals surface area contributed by atoms with Crippen molar-refractivity contribution >= 4 is 11.8 Å². The van der Waals surface area contributed by atoms with Gasteiger partial charge in [0, 0.05) is 13.1 Å². The van der Waals surface area contributed by atoms with E-state index in [9.17, 15) is 9.59 Å². The lowest BCUT2D eigenvalue weighted by Crippen LogP contribution is -2.49. The molecule has 0 saturated heterocycles. The summed E-state index contributed by atoms with van der Waals surface area (Å²) in [6.45, 7) is 6.70. The van der Waals surface area contributed by atoms with Crippen LogP contribution in [0.25, 0.3) is 0 Å². The number of unbranched alkanes of at least 4 members (excludes halogenated alkanes) is 1. The zero-order chi connectivity index (χ0) is 20.4. The fraction of sp³-hybridized carbons (Fsp3) is 0.391. The summed E-state index contributed by atoms with van der Waals surface area (Å²) in [7, 11) is 0. The largest absolute Gasteiger partial charge is 0.484 e. The van der Waals surface area contributed by atoms with Crippen LogP contribution >= 0.6 is 0 Å². The van der Waals surface area contributed by atoms with Crippen molar-refractivity contribution in [3.63, 3.8) is 0 Å². The molecule has 1 atom stereocenters. The van der Waals surface area contributed by atoms with Crippen LogP contribution in [0.3, 0.4) is 0 Å². The van der Waals surface area contributed by atoms with Crippen LogP contribution in [-0.4, -0.2) is 35.9 Å². The fourth-order valence-electron chi connectivity index (χ4n) is 2.76. The zero-order valence-corrected chi connectivity index (χ0v) is 17.0. The molecule has 0 aliphatic carbocycles. The molecule has 0 aromatic heterocycles. The van der Waals surface area contributed by atoms with Crippen molar-refractivity contribution in [1.29, 1.82) is 0 Å². The van der Waals surface area contributed by atoms with Crippen LogP contribution in [0.15, 0.2) is 54.6 Å². The topological polar surface area (TPSA) is 58.6 Å². The van der Waals surface area contributed by atoms with Gasteiger partial charge in [0.15, 0.2) is 6.61 Å². The highest BCUT2D eigenvalue weighted by atomic mass is 16.5. The summed E-state index contributed by atoms with van der Waals surface area (Å²) < 4.78 is 5.65. The van der Waals surface area contributed by atoms with Crippen molar-refractivity contribution in [3.05, 3.63) is 65.7 Å². The van der Waals surface area contributed by atoms with Gasteiger partial charge in [0.25, 0.3) is 5.91 Å². The van der Waals surface area contributed by atoms with E-state index in [1.165, 1.54) is 0 Å². The van der Waals surface area contributed by atoms with Crippen LogP contribution in [0.1, 0.15) is 37.8 Å². The number of nitrogens with zero attached hydrogens (tertiary/aromatic N) is 1. The maximum absolute atomic E-state index is 12.9. The van der Waals surface area contributed by atoms with E-state index in [2.05, 4.69) is 12.2 Å². The van der Waals surface area contributed by atoms with Crippen LogP contribution in [0.2, 0.25) is 0 Å². The monoisotopic (exact) mass is 382 g/mol. The lowest BCUT2D eigenvalue weighted by atomic mass is 10.1. The van der Waals surface area contributed by atoms with Crippen molar-refractivity contribution < 1.29 is 14.3 Å². The minimum Gasteiger partial charge on any atom is -0.484 e. The maximum atomic E-state index is 12.9. The molecule has 2 aromatic carbocycles. The molecule has 0 heterocycles. The van der Waals surface area contributed by atoms with Gasteiger partial charge in [-0.05, 0) is 38.0 Å². The molecule has 2 amide bonds. The summed E-state index contributed by atoms with van der Waals surface area (Å²) in [5, 5.41) is 2.91. The summed E-state index contributed by atoms with van der Waals surface area (Å²) in [5.74, 6) is 0.272. The highest BCUT2D eigenvalue weighted by Crippen LogP contribution is 2.13. The van der Waals surface area contributed by atoms with Gasteiger partial charge in [-0.1, -0.05) is 61.4 Å². The van der Waals surface area contributed by atoms with Crippen molar-refractivity contribution in [2.75, 3.05) is 13.2 Å². The fourth-order valence-corrected chi connectivity index (χ4v) is 2.76. The number of carbonyl (C=O) groups excluding carboxylic acids is 2. The molecular weight excluding hydrogens is 352 g/mol. The molecule has 0 saturated carbocycles. The average Bonchev–Trinajstić information content (AvgIpc) is 2.71. The lowest BCUT2D eigenvalue weighted by Gasteiger charge is -2.28. The first kappa shape index (κ1) is 21.5. The van der Waals surface area contributed by atoms with E-state index in [1.54, 1.807) is 11.8 Å². The van der Waals surface area contributed by atoms with E-state index in [4.69, 9.17) is 4.74 Å². The maximum Gasteiger partial charge on any atom is 0.261 e. The Morgan fingerprint density at radius 3 is 2.39 bits per heavy atom. The van der Waals surface area contributed by atoms with E-state index in [1.807, 2.05) is 61.5 Å². The van der Waals surface area contributed by atoms with Gasteiger partial charge in [0.1, 0.15) is 11.8 Å². The zero-order valence-electron chi connectivity index (χ0n) is 17.0. The molecule has 2 rings (SSSR count). The molecule has 150 valence electrons. The Hall–Kier alpha value is -2.82. The minimum atomic E-state index is -0.578. The second-order valence-corrected chi connectivity index (χ2v) is 6.93. The summed E-state index contributed by atoms with van der Waals surface area (Å²) in [4.78, 5) is 27.0. The van der Waals surface area contributed by atoms with Crippen LogP contribution < -0.4 is 10.1 Å². The van der Waals surface area contributed by atoms with Gasteiger partial charge in [-0.25, -0.2) is 0 Å². The van der Waals surface area contributed by atoms with Gasteiger partial charge in [-0.3, -0.25) is 9.59 Å². The quantitative estimate of drug-likeness (QED) is 0.637. The van der Waals surface area contributed by atoms with Gasteiger partial charge >= 0.3 is 0 Å². The van der Waals surface area contributed by atoms with Crippen molar-refractivity contribution in [2.45, 2.75) is 46.2 Å². The molecule has 0 unspecified atom stereocenters. The number of rotatable bonds is 10. The minimum absolute atomic E-state index is 0.109. The van der Waals surface area contributed by atoms with Gasteiger partial charge in [0.2, 0.25) is 5.91 Å². The number of benzene rings is 2. The van der Waals surface area contributed by atoms with E-state index in [-0.39, 0.29) is 18.4 Å². The van der Waals surface area contributed by atoms with Gasteiger partial charge in [-0.2, -0.15) is 0 Å². The molecule has 0 fully saturated rings. The third-order valence-electron chi connectivity index (χ3n) is 4.58. The van der Waals surface area contributed by atoms with E-state index >= 15 is 0 Å². The Kier molecular flexibility index (Phi) is 8.53. The predicted octanol–water partition coefficient (Wildman–Crippen LogP) is 3.71. The molecule has 28 heavy (non-hydrogen) atoms. The Morgan fingerprint density at radius 1 is 1.07 bits per heavy atom. The number of ether oxygens (including phenoxy) is 1. The second-order valence-electron chi connectivity index (χ2n) is 6.93. The number of amides is 2. The second kappa shape index (κ2) is 11.1. The normalized spacial score (nSPS) is 11.5. The highest BCUT2D eigenvalue weighted by Gasteiger charge is 2.26. The molecule has 0 aliphatic heterocycles. The summed E-state index contributed by atoms with van der Waals surface area (Å²) in [5.41, 5.74) is 2.10. The van der Waals surface area contributed by atoms with Gasteiger partial charge < -0.3 is 15.0 Å². The third-order valence-corrected chi connectivity index (χ3v) is 4.58. The average molecular weight is 383 g/mol. The SMILES string of the molecule is CCCCNC(=O)[C@H](C)N(Cc1ccccc1)C(=O)COc1ccc(C)cc1. The Bertz CT molecular complexity index is 744. The molecule has 5 nitrogen and oxygen atoms in total. The molecule has 0 bridgehead atoms. The molecule has 0 spiro atoms. The smallest absolute Gasteiger partial charge is 0.261 e. The van der Waals surface area contributed by atoms with Crippen LogP contribution in [0.4, 0.5) is 0 Å². The van der Waals surface area contributed by atoms with E-state index in [0.29, 0.717) is 18.8 Å². The number of nitrogens with one attached hydrogen (secondary N) is 1. The summed E-state index contributed by atoms with van der Waals surface area (Å²) in [6.07, 6.45) is 1.92. The van der Waals surface area contributed by atoms with Gasteiger partial charge in [-0.15, -0.1) is 0 Å². The number of hydrogen-bond donors (Lipinski definition) is 1. The molecule has 1 N–H and O–H groups in total. The Morgan fingerprint density at radius 2 is 1.75 bits per heavy atom. The summed E-state index contributed by atoms with van der Waals surface area (Å²) in [6, 6.07) is 16.6. The summed E-state index contributed by atoms with van der Waals surface area (Å²) >= 11 is 0. The molecule has 0 aliphatic rings. The lowest BCUT2D eigenvalue weighted by molar-refractivity contribution is -0.142. The first-order valence-electron chi connectivity index (χ1n) is 9.81. The standard InChI is InChI=1S/C23H30N2O3/c1-4-5-15-24-23(27)19(3)25(16-20-9-7-6-8-10-20)22(26)17-28-21-13-11-18(2)12-14-21/h6-14,19H,4-5,15-17H2,1-3H3,(H,24,27)/t19-/m0/s1. The predicted molar refractivity (Wildman–Crippen MR) is 111 cm³/mol. The van der Waals surface area contributed by atoms with Crippen molar-refractivity contribution in [1.82, 2.24) is 10.2 Å². The van der Waals surface area contributed by atoms with Crippen LogP contribution in [0, 0.1) is 6.92 Å². The number of hydrogen-bond acceptors (Lipinski definition) is 3. The van der Waals surface area contributed by atoms with Crippen LogP contribution in [0.5, 0.6) is 5.75 Å². The molecule has 0 radical (unpaired) electrons. The number of aryl methyl sites for hydroxylation is 1. The van der Waals surface area contributed by atoms with Crippen molar-refractivity contribution in [2.24, 2.45) is 0 Å². The molecular formula is C23H30N2O3. The van der Waals surface area contributed by atoms with E-state index < -0.39 is 6.04 Å². The van der Waals surface area contributed by atoms with Gasteiger partial charge in [0.05, 0.1) is 0 Å². The Labute approximate surface area is 167 Å². The number of carbonyl (C=O) groups is 2. The molecule has 5 heteroatoms. The third kappa shape index (κ3) is 6.72. The Balaban J connectivity index is 2.06. The first-order valence-corrected chi connectivity index (χ1v) is 9.81. The molecule has 2 aromatic rings. The first-order chi connectivity index (χ1) is 13.5. The highest BCUT2D eigenvalue weighted by molar-refractivity contribution is 5.87. The van der Waals surface area contributed by atoms with Crippen molar-refractivity contribution in [3.8, 4) is 5.75 Å².